The fourth-order valence-electron chi connectivity index (χ4n) is 2.71. The summed E-state index contributed by atoms with van der Waals surface area (Å²) in [6.07, 6.45) is 4.27. The van der Waals surface area contributed by atoms with Crippen LogP contribution in [0.25, 0.3) is 0 Å². The van der Waals surface area contributed by atoms with Crippen LogP contribution in [0.2, 0.25) is 0 Å². The molecule has 1 fully saturated rings. The highest BCUT2D eigenvalue weighted by Gasteiger charge is 2.23. The summed E-state index contributed by atoms with van der Waals surface area (Å²) < 4.78 is 0. The summed E-state index contributed by atoms with van der Waals surface area (Å²) >= 11 is 1.79. The number of aliphatic imine (C=N–C) groups is 1. The van der Waals surface area contributed by atoms with Crippen molar-refractivity contribution in [3.05, 3.63) is 46.8 Å². The van der Waals surface area contributed by atoms with Gasteiger partial charge in [-0.3, -0.25) is 9.89 Å². The predicted octanol–water partition coefficient (Wildman–Crippen LogP) is 2.71. The lowest BCUT2D eigenvalue weighted by molar-refractivity contribution is 0.255. The molecule has 1 aliphatic heterocycles. The van der Waals surface area contributed by atoms with Crippen LogP contribution in [-0.2, 0) is 0 Å². The number of hydrogen-bond donors (Lipinski definition) is 2. The van der Waals surface area contributed by atoms with Gasteiger partial charge in [0.25, 0.3) is 0 Å². The topological polar surface area (TPSA) is 66.5 Å². The number of nitrogens with one attached hydrogen (secondary N) is 1. The van der Waals surface area contributed by atoms with Gasteiger partial charge in [-0.1, -0.05) is 12.1 Å². The second-order valence-corrected chi connectivity index (χ2v) is 6.32. The number of nitrogens with zero attached hydrogens (tertiary/aromatic N) is 3. The minimum absolute atomic E-state index is 0.326. The van der Waals surface area contributed by atoms with Crippen molar-refractivity contribution in [2.45, 2.75) is 18.9 Å². The second-order valence-electron chi connectivity index (χ2n) is 5.34. The van der Waals surface area contributed by atoms with Gasteiger partial charge in [-0.15, -0.1) is 11.3 Å². The van der Waals surface area contributed by atoms with E-state index in [-0.39, 0.29) is 0 Å². The number of likely N-dealkylation sites (tertiary alicyclic amines) is 1. The molecule has 6 heteroatoms. The number of anilines is 1. The lowest BCUT2D eigenvalue weighted by atomic mass is 10.2. The molecular weight excluding hydrogens is 294 g/mol. The summed E-state index contributed by atoms with van der Waals surface area (Å²) in [6, 6.07) is 10.3. The molecule has 3 N–H and O–H groups in total. The number of guanidine groups is 1. The quantitative estimate of drug-likeness (QED) is 0.657. The van der Waals surface area contributed by atoms with E-state index in [0.717, 1.165) is 18.9 Å². The highest BCUT2D eigenvalue weighted by atomic mass is 32.1. The molecule has 2 aromatic rings. The third-order valence-corrected chi connectivity index (χ3v) is 4.78. The van der Waals surface area contributed by atoms with Crippen LogP contribution in [-0.4, -0.2) is 35.5 Å². The van der Waals surface area contributed by atoms with E-state index in [0.29, 0.717) is 18.5 Å². The summed E-state index contributed by atoms with van der Waals surface area (Å²) in [6.45, 7) is 2.96. The van der Waals surface area contributed by atoms with E-state index in [2.05, 4.69) is 37.7 Å². The summed E-state index contributed by atoms with van der Waals surface area (Å²) in [4.78, 5) is 12.6. The molecule has 1 saturated heterocycles. The van der Waals surface area contributed by atoms with Gasteiger partial charge in [0, 0.05) is 11.1 Å². The van der Waals surface area contributed by atoms with Gasteiger partial charge >= 0.3 is 0 Å². The number of rotatable bonds is 5. The minimum Gasteiger partial charge on any atom is -0.370 e. The molecule has 0 amide bonds. The maximum absolute atomic E-state index is 5.99. The van der Waals surface area contributed by atoms with Crippen molar-refractivity contribution < 1.29 is 0 Å². The average molecular weight is 315 g/mol. The summed E-state index contributed by atoms with van der Waals surface area (Å²) in [7, 11) is 0. The van der Waals surface area contributed by atoms with E-state index < -0.39 is 0 Å². The van der Waals surface area contributed by atoms with Crippen molar-refractivity contribution in [2.24, 2.45) is 10.7 Å². The van der Waals surface area contributed by atoms with Gasteiger partial charge in [0.15, 0.2) is 5.96 Å². The summed E-state index contributed by atoms with van der Waals surface area (Å²) in [5.74, 6) is 1.14. The Hall–Kier alpha value is -1.92. The first kappa shape index (κ1) is 15.0. The smallest absolute Gasteiger partial charge is 0.194 e. The molecule has 0 aliphatic carbocycles. The van der Waals surface area contributed by atoms with E-state index in [1.165, 1.54) is 17.7 Å². The monoisotopic (exact) mass is 315 g/mol. The maximum atomic E-state index is 5.99. The average Bonchev–Trinajstić information content (AvgIpc) is 3.22. The molecule has 22 heavy (non-hydrogen) atoms. The number of nitrogens with two attached hydrogens (primary N) is 1. The molecule has 1 aliphatic rings. The summed E-state index contributed by atoms with van der Waals surface area (Å²) in [5.41, 5.74) is 5.99. The van der Waals surface area contributed by atoms with Crippen LogP contribution < -0.4 is 11.1 Å². The van der Waals surface area contributed by atoms with Crippen LogP contribution >= 0.6 is 11.3 Å². The largest absolute Gasteiger partial charge is 0.370 e. The lowest BCUT2D eigenvalue weighted by Crippen LogP contribution is -2.29. The second kappa shape index (κ2) is 7.38. The molecule has 0 bridgehead atoms. The van der Waals surface area contributed by atoms with Crippen molar-refractivity contribution in [3.63, 3.8) is 0 Å². The molecule has 1 unspecified atom stereocenters. The van der Waals surface area contributed by atoms with E-state index in [1.54, 1.807) is 17.5 Å². The van der Waals surface area contributed by atoms with Crippen LogP contribution in [0.5, 0.6) is 0 Å². The number of aromatic nitrogens is 1. The number of pyridine rings is 1. The molecular formula is C16H21N5S. The number of hydrogen-bond acceptors (Lipinski definition) is 4. The lowest BCUT2D eigenvalue weighted by Gasteiger charge is -2.25. The van der Waals surface area contributed by atoms with Gasteiger partial charge in [-0.2, -0.15) is 0 Å². The molecule has 3 rings (SSSR count). The Balaban J connectivity index is 1.66. The Morgan fingerprint density at radius 2 is 2.18 bits per heavy atom. The highest BCUT2D eigenvalue weighted by molar-refractivity contribution is 7.10. The molecule has 116 valence electrons. The van der Waals surface area contributed by atoms with Crippen LogP contribution in [0.3, 0.4) is 0 Å². The normalized spacial score (nSPS) is 17.5. The fourth-order valence-corrected chi connectivity index (χ4v) is 3.56. The van der Waals surface area contributed by atoms with Crippen LogP contribution in [0.15, 0.2) is 46.9 Å². The first-order chi connectivity index (χ1) is 10.8. The van der Waals surface area contributed by atoms with Crippen molar-refractivity contribution in [1.82, 2.24) is 9.88 Å². The molecule has 0 spiro atoms. The molecule has 5 nitrogen and oxygen atoms in total. The molecule has 0 radical (unpaired) electrons. The predicted molar refractivity (Wildman–Crippen MR) is 92.2 cm³/mol. The van der Waals surface area contributed by atoms with Gasteiger partial charge in [0.05, 0.1) is 12.6 Å². The minimum atomic E-state index is 0.326. The first-order valence-electron chi connectivity index (χ1n) is 7.58. The van der Waals surface area contributed by atoms with E-state index in [4.69, 9.17) is 5.73 Å². The third kappa shape index (κ3) is 3.84. The SMILES string of the molecule is NC(=NCC(c1cccs1)N1CCCC1)Nc1ccccn1. The van der Waals surface area contributed by atoms with Crippen molar-refractivity contribution in [1.29, 1.82) is 0 Å². The van der Waals surface area contributed by atoms with Crippen molar-refractivity contribution in [3.8, 4) is 0 Å². The zero-order valence-corrected chi connectivity index (χ0v) is 13.3. The first-order valence-corrected chi connectivity index (χ1v) is 8.46. The summed E-state index contributed by atoms with van der Waals surface area (Å²) in [5, 5.41) is 5.16. The molecule has 3 heterocycles. The Labute approximate surface area is 134 Å². The van der Waals surface area contributed by atoms with Crippen LogP contribution in [0.1, 0.15) is 23.8 Å². The third-order valence-electron chi connectivity index (χ3n) is 3.81. The zero-order valence-electron chi connectivity index (χ0n) is 12.5. The fraction of sp³-hybridized carbons (Fsp3) is 0.375. The van der Waals surface area contributed by atoms with Gasteiger partial charge in [0.1, 0.15) is 5.82 Å². The van der Waals surface area contributed by atoms with Gasteiger partial charge in [0.2, 0.25) is 0 Å². The van der Waals surface area contributed by atoms with E-state index in [9.17, 15) is 0 Å². The zero-order chi connectivity index (χ0) is 15.2. The van der Waals surface area contributed by atoms with Gasteiger partial charge in [-0.25, -0.2) is 4.98 Å². The molecule has 2 aromatic heterocycles. The van der Waals surface area contributed by atoms with Crippen molar-refractivity contribution in [2.75, 3.05) is 25.0 Å². The van der Waals surface area contributed by atoms with E-state index in [1.807, 2.05) is 18.2 Å². The Morgan fingerprint density at radius 1 is 1.32 bits per heavy atom. The molecule has 0 aromatic carbocycles. The van der Waals surface area contributed by atoms with Crippen LogP contribution in [0, 0.1) is 0 Å². The van der Waals surface area contributed by atoms with Gasteiger partial charge < -0.3 is 11.1 Å². The van der Waals surface area contributed by atoms with Crippen molar-refractivity contribution >= 4 is 23.1 Å². The van der Waals surface area contributed by atoms with Crippen LogP contribution in [0.4, 0.5) is 5.82 Å². The standard InChI is InChI=1S/C16H21N5S/c17-16(20-15-7-1-2-8-18-15)19-12-13(14-6-5-11-22-14)21-9-3-4-10-21/h1-2,5-8,11,13H,3-4,9-10,12H2,(H3,17,18,19,20). The Morgan fingerprint density at radius 3 is 2.86 bits per heavy atom. The number of thiophene rings is 1. The molecule has 0 saturated carbocycles. The van der Waals surface area contributed by atoms with E-state index >= 15 is 0 Å². The Kier molecular flexibility index (Phi) is 5.03. The highest BCUT2D eigenvalue weighted by Crippen LogP contribution is 2.28. The molecule has 1 atom stereocenters. The van der Waals surface area contributed by atoms with Gasteiger partial charge in [-0.05, 0) is 49.5 Å². The maximum Gasteiger partial charge on any atom is 0.194 e. The Bertz CT molecular complexity index is 590.